The van der Waals surface area contributed by atoms with Gasteiger partial charge in [-0.1, -0.05) is 18.2 Å². The first-order chi connectivity index (χ1) is 8.13. The van der Waals surface area contributed by atoms with Crippen molar-refractivity contribution < 1.29 is 14.3 Å². The van der Waals surface area contributed by atoms with Gasteiger partial charge in [-0.15, -0.1) is 5.01 Å². The number of hydrogen-bond donors (Lipinski definition) is 1. The largest absolute Gasteiger partial charge is 0.484 e. The number of hydrogen-bond acceptors (Lipinski definition) is 4. The van der Waals surface area contributed by atoms with Crippen molar-refractivity contribution in [1.29, 1.82) is 5.26 Å². The molecule has 0 aliphatic rings. The fourth-order valence-electron chi connectivity index (χ4n) is 1.03. The van der Waals surface area contributed by atoms with Crippen LogP contribution in [0.25, 0.3) is 0 Å². The number of para-hydroxylation sites is 1. The van der Waals surface area contributed by atoms with Gasteiger partial charge >= 0.3 is 0 Å². The summed E-state index contributed by atoms with van der Waals surface area (Å²) in [4.78, 5) is 22.1. The van der Waals surface area contributed by atoms with Crippen LogP contribution in [0.1, 0.15) is 6.92 Å². The van der Waals surface area contributed by atoms with Gasteiger partial charge in [0.1, 0.15) is 5.75 Å². The number of nitriles is 1. The van der Waals surface area contributed by atoms with Gasteiger partial charge in [0.25, 0.3) is 5.91 Å². The lowest BCUT2D eigenvalue weighted by molar-refractivity contribution is -0.138. The molecule has 0 aromatic heterocycles. The fraction of sp³-hybridized carbons (Fsp3) is 0.182. The summed E-state index contributed by atoms with van der Waals surface area (Å²) >= 11 is 0. The van der Waals surface area contributed by atoms with E-state index in [9.17, 15) is 9.59 Å². The molecular weight excluding hydrogens is 222 g/mol. The average molecular weight is 233 g/mol. The summed E-state index contributed by atoms with van der Waals surface area (Å²) in [7, 11) is 0. The van der Waals surface area contributed by atoms with Crippen molar-refractivity contribution in [3.63, 3.8) is 0 Å². The Kier molecular flexibility index (Phi) is 4.51. The summed E-state index contributed by atoms with van der Waals surface area (Å²) in [6.45, 7) is 0.882. The second-order valence-corrected chi connectivity index (χ2v) is 3.10. The standard InChI is InChI=1S/C11H11N3O3/c1-9(15)13-14(8-12)11(16)7-17-10-5-3-2-4-6-10/h2-6H,7H2,1H3,(H,13,15). The van der Waals surface area contributed by atoms with Crippen molar-refractivity contribution in [2.75, 3.05) is 6.61 Å². The minimum atomic E-state index is -0.647. The fourth-order valence-corrected chi connectivity index (χ4v) is 1.03. The van der Waals surface area contributed by atoms with E-state index in [1.807, 2.05) is 6.07 Å². The van der Waals surface area contributed by atoms with Crippen molar-refractivity contribution in [2.45, 2.75) is 6.92 Å². The van der Waals surface area contributed by atoms with Crippen molar-refractivity contribution in [2.24, 2.45) is 0 Å². The van der Waals surface area contributed by atoms with E-state index in [4.69, 9.17) is 10.00 Å². The van der Waals surface area contributed by atoms with E-state index in [1.165, 1.54) is 6.92 Å². The van der Waals surface area contributed by atoms with Crippen LogP contribution in [-0.4, -0.2) is 23.4 Å². The third-order valence-corrected chi connectivity index (χ3v) is 1.72. The summed E-state index contributed by atoms with van der Waals surface area (Å²) in [5, 5.41) is 9.16. The van der Waals surface area contributed by atoms with Crippen molar-refractivity contribution in [3.8, 4) is 11.9 Å². The number of ether oxygens (including phenoxy) is 1. The zero-order valence-corrected chi connectivity index (χ0v) is 9.21. The lowest BCUT2D eigenvalue weighted by Crippen LogP contribution is -2.44. The van der Waals surface area contributed by atoms with Crippen LogP contribution in [0.4, 0.5) is 0 Å². The van der Waals surface area contributed by atoms with E-state index in [-0.39, 0.29) is 6.61 Å². The van der Waals surface area contributed by atoms with E-state index in [0.717, 1.165) is 0 Å². The molecule has 6 nitrogen and oxygen atoms in total. The third-order valence-electron chi connectivity index (χ3n) is 1.72. The monoisotopic (exact) mass is 233 g/mol. The molecule has 0 unspecified atom stereocenters. The summed E-state index contributed by atoms with van der Waals surface area (Å²) in [6, 6.07) is 8.70. The van der Waals surface area contributed by atoms with Crippen molar-refractivity contribution in [1.82, 2.24) is 10.4 Å². The summed E-state index contributed by atoms with van der Waals surface area (Å²) in [6.07, 6.45) is 1.54. The van der Waals surface area contributed by atoms with Gasteiger partial charge in [0.15, 0.2) is 6.61 Å². The van der Waals surface area contributed by atoms with Crippen LogP contribution in [0.3, 0.4) is 0 Å². The molecule has 88 valence electrons. The molecule has 1 N–H and O–H groups in total. The molecule has 0 saturated carbocycles. The molecule has 0 atom stereocenters. The molecule has 0 radical (unpaired) electrons. The molecule has 1 aromatic carbocycles. The van der Waals surface area contributed by atoms with Gasteiger partial charge in [0.2, 0.25) is 12.1 Å². The number of nitrogens with one attached hydrogen (secondary N) is 1. The van der Waals surface area contributed by atoms with Gasteiger partial charge < -0.3 is 4.74 Å². The second-order valence-electron chi connectivity index (χ2n) is 3.10. The lowest BCUT2D eigenvalue weighted by Gasteiger charge is -2.13. The number of carbonyl (C=O) groups is 2. The first-order valence-corrected chi connectivity index (χ1v) is 4.81. The Morgan fingerprint density at radius 2 is 2.06 bits per heavy atom. The van der Waals surface area contributed by atoms with Crippen LogP contribution in [0.15, 0.2) is 30.3 Å². The van der Waals surface area contributed by atoms with Gasteiger partial charge in [0, 0.05) is 6.92 Å². The Morgan fingerprint density at radius 3 is 2.59 bits per heavy atom. The first kappa shape index (κ1) is 12.5. The van der Waals surface area contributed by atoms with Gasteiger partial charge in [-0.3, -0.25) is 15.0 Å². The maximum Gasteiger partial charge on any atom is 0.292 e. The highest BCUT2D eigenvalue weighted by Gasteiger charge is 2.14. The van der Waals surface area contributed by atoms with Crippen LogP contribution in [0.5, 0.6) is 5.75 Å². The van der Waals surface area contributed by atoms with Crippen LogP contribution in [-0.2, 0) is 9.59 Å². The Morgan fingerprint density at radius 1 is 1.41 bits per heavy atom. The molecule has 1 rings (SSSR count). The van der Waals surface area contributed by atoms with Crippen LogP contribution in [0.2, 0.25) is 0 Å². The summed E-state index contributed by atoms with van der Waals surface area (Å²) in [5.41, 5.74) is 2.07. The smallest absolute Gasteiger partial charge is 0.292 e. The van der Waals surface area contributed by atoms with E-state index in [0.29, 0.717) is 10.8 Å². The zero-order valence-electron chi connectivity index (χ0n) is 9.21. The number of carbonyl (C=O) groups excluding carboxylic acids is 2. The van der Waals surface area contributed by atoms with Crippen LogP contribution < -0.4 is 10.2 Å². The zero-order chi connectivity index (χ0) is 12.7. The highest BCUT2D eigenvalue weighted by atomic mass is 16.5. The molecule has 0 aliphatic carbocycles. The predicted molar refractivity (Wildman–Crippen MR) is 58.2 cm³/mol. The molecule has 0 saturated heterocycles. The van der Waals surface area contributed by atoms with Crippen molar-refractivity contribution in [3.05, 3.63) is 30.3 Å². The number of nitrogens with zero attached hydrogens (tertiary/aromatic N) is 2. The number of benzene rings is 1. The van der Waals surface area contributed by atoms with Crippen molar-refractivity contribution >= 4 is 11.8 Å². The Balaban J connectivity index is 2.49. The number of hydrazine groups is 1. The Hall–Kier alpha value is -2.55. The molecule has 0 aliphatic heterocycles. The minimum absolute atomic E-state index is 0.322. The maximum atomic E-state index is 11.4. The van der Waals surface area contributed by atoms with Crippen LogP contribution in [0, 0.1) is 11.5 Å². The van der Waals surface area contributed by atoms with Gasteiger partial charge in [0.05, 0.1) is 0 Å². The molecule has 1 aromatic rings. The molecular formula is C11H11N3O3. The highest BCUT2D eigenvalue weighted by molar-refractivity contribution is 5.83. The number of rotatable bonds is 3. The molecule has 17 heavy (non-hydrogen) atoms. The molecule has 0 spiro atoms. The highest BCUT2D eigenvalue weighted by Crippen LogP contribution is 2.07. The quantitative estimate of drug-likeness (QED) is 0.466. The van der Waals surface area contributed by atoms with Gasteiger partial charge in [-0.05, 0) is 12.1 Å². The lowest BCUT2D eigenvalue weighted by atomic mass is 10.3. The van der Waals surface area contributed by atoms with Crippen LogP contribution >= 0.6 is 0 Å². The van der Waals surface area contributed by atoms with E-state index < -0.39 is 11.8 Å². The maximum absolute atomic E-state index is 11.4. The van der Waals surface area contributed by atoms with E-state index >= 15 is 0 Å². The van der Waals surface area contributed by atoms with Gasteiger partial charge in [-0.25, -0.2) is 0 Å². The summed E-state index contributed by atoms with van der Waals surface area (Å²) < 4.78 is 5.14. The Bertz CT molecular complexity index is 439. The summed E-state index contributed by atoms with van der Waals surface area (Å²) in [5.74, 6) is -0.632. The minimum Gasteiger partial charge on any atom is -0.484 e. The van der Waals surface area contributed by atoms with Gasteiger partial charge in [-0.2, -0.15) is 5.26 Å². The third kappa shape index (κ3) is 4.22. The molecule has 2 amide bonds. The topological polar surface area (TPSA) is 82.4 Å². The normalized spacial score (nSPS) is 8.94. The molecule has 0 fully saturated rings. The Labute approximate surface area is 98.4 Å². The first-order valence-electron chi connectivity index (χ1n) is 4.81. The molecule has 0 bridgehead atoms. The second kappa shape index (κ2) is 6.12. The average Bonchev–Trinajstić information content (AvgIpc) is 2.34. The predicted octanol–water partition coefficient (Wildman–Crippen LogP) is 0.426. The van der Waals surface area contributed by atoms with E-state index in [2.05, 4.69) is 5.43 Å². The van der Waals surface area contributed by atoms with E-state index in [1.54, 1.807) is 30.5 Å². The SMILES string of the molecule is CC(=O)NN(C#N)C(=O)COc1ccccc1. The molecule has 6 heteroatoms. The number of amides is 2. The molecule has 0 heterocycles.